The zero-order valence-electron chi connectivity index (χ0n) is 5.14. The molecule has 0 amide bonds. The van der Waals surface area contributed by atoms with Gasteiger partial charge in [0.25, 0.3) is 5.11 Å². The third kappa shape index (κ3) is 17.8. The molecule has 66 valence electrons. The molecule has 0 aromatic carbocycles. The second kappa shape index (κ2) is 5.79. The highest BCUT2D eigenvalue weighted by atomic mass is 35.6. The summed E-state index contributed by atoms with van der Waals surface area (Å²) in [6, 6.07) is 0. The lowest BCUT2D eigenvalue weighted by Gasteiger charge is -2.09. The van der Waals surface area contributed by atoms with Gasteiger partial charge in [-0.25, -0.2) is 0 Å². The molecule has 0 aliphatic heterocycles. The van der Waals surface area contributed by atoms with Crippen molar-refractivity contribution in [3.63, 3.8) is 0 Å². The van der Waals surface area contributed by atoms with E-state index in [4.69, 9.17) is 40.5 Å². The van der Waals surface area contributed by atoms with Gasteiger partial charge in [0.1, 0.15) is 0 Å². The summed E-state index contributed by atoms with van der Waals surface area (Å²) in [7, 11) is 0. The molecule has 0 aromatic rings. The molecule has 0 saturated carbocycles. The second-order valence-electron chi connectivity index (χ2n) is 1.25. The van der Waals surface area contributed by atoms with E-state index >= 15 is 0 Å². The maximum atomic E-state index is 9.51. The summed E-state index contributed by atoms with van der Waals surface area (Å²) in [5.41, 5.74) is 7.88. The maximum Gasteiger partial charge on any atom is 0.262 e. The fourth-order valence-corrected chi connectivity index (χ4v) is 0. The van der Waals surface area contributed by atoms with Crippen molar-refractivity contribution in [2.24, 2.45) is 5.73 Å². The third-order valence-electron chi connectivity index (χ3n) is 0.231. The molecule has 0 rings (SSSR count). The van der Waals surface area contributed by atoms with Crippen molar-refractivity contribution in [1.29, 1.82) is 0 Å². The first-order valence-corrected chi connectivity index (χ1v) is 3.61. The first kappa shape index (κ1) is 13.8. The summed E-state index contributed by atoms with van der Waals surface area (Å²) in [6.45, 7) is 0. The topological polar surface area (TPSA) is 93.8 Å². The summed E-state index contributed by atoms with van der Waals surface area (Å²) in [4.78, 5) is 9.51. The molecule has 0 atom stereocenters. The highest BCUT2D eigenvalue weighted by Crippen LogP contribution is 2.24. The predicted molar refractivity (Wildman–Crippen MR) is 45.0 cm³/mol. The van der Waals surface area contributed by atoms with Crippen molar-refractivity contribution in [3.8, 4) is 0 Å². The smallest absolute Gasteiger partial charge is 0.262 e. The van der Waals surface area contributed by atoms with E-state index in [1.54, 1.807) is 0 Å². The van der Waals surface area contributed by atoms with Gasteiger partial charge < -0.3 is 21.4 Å². The Morgan fingerprint density at radius 3 is 1.64 bits per heavy atom. The molecule has 0 fully saturated rings. The lowest BCUT2D eigenvalue weighted by Crippen LogP contribution is -2.60. The van der Waals surface area contributed by atoms with E-state index in [-0.39, 0.29) is 5.11 Å². The number of carbonyl (C=O) groups excluding carboxylic acids is 1. The summed E-state index contributed by atoms with van der Waals surface area (Å²) in [5.74, 6) is -1.71. The highest BCUT2D eigenvalue weighted by molar-refractivity contribution is 7.79. The summed E-state index contributed by atoms with van der Waals surface area (Å²) >= 11 is 18.4. The number of thiocarbonyl (C=S) groups is 1. The van der Waals surface area contributed by atoms with Crippen LogP contribution in [-0.2, 0) is 4.79 Å². The molecular weight excluding hydrogens is 234 g/mol. The van der Waals surface area contributed by atoms with E-state index in [1.807, 2.05) is 0 Å². The van der Waals surface area contributed by atoms with Crippen molar-refractivity contribution in [1.82, 2.24) is 0 Å². The number of rotatable bonds is 0. The van der Waals surface area contributed by atoms with Gasteiger partial charge in [0.15, 0.2) is 0 Å². The van der Waals surface area contributed by atoms with Gasteiger partial charge in [-0.2, -0.15) is 0 Å². The first-order chi connectivity index (χ1) is 4.68. The van der Waals surface area contributed by atoms with Crippen LogP contribution >= 0.6 is 47.0 Å². The van der Waals surface area contributed by atoms with E-state index in [0.717, 1.165) is 0 Å². The van der Waals surface area contributed by atoms with Crippen LogP contribution in [0.4, 0.5) is 0 Å². The molecule has 11 heavy (non-hydrogen) atoms. The van der Waals surface area contributed by atoms with Gasteiger partial charge in [0, 0.05) is 12.2 Å². The van der Waals surface area contributed by atoms with Gasteiger partial charge in [-0.05, 0) is 0 Å². The van der Waals surface area contributed by atoms with Gasteiger partial charge in [-0.3, -0.25) is 0 Å². The van der Waals surface area contributed by atoms with Gasteiger partial charge in [-0.15, -0.1) is 0 Å². The molecule has 0 aromatic heterocycles. The summed E-state index contributed by atoms with van der Waals surface area (Å²) < 4.78 is -2.28. The molecule has 0 heterocycles. The normalized spacial score (nSPS) is 9.45. The Bertz CT molecular complexity index is 153. The Balaban J connectivity index is 0. The van der Waals surface area contributed by atoms with Gasteiger partial charge in [0.05, 0.1) is 5.97 Å². The molecular formula is C3H5Cl3N2O2S. The number of carboxylic acid groups (broad SMARTS) is 1. The van der Waals surface area contributed by atoms with E-state index < -0.39 is 9.76 Å². The SMILES string of the molecule is NC([NH3+])=S.O=C([O-])C(Cl)(Cl)Cl. The minimum atomic E-state index is -2.28. The van der Waals surface area contributed by atoms with Crippen LogP contribution in [0.1, 0.15) is 0 Å². The van der Waals surface area contributed by atoms with Crippen molar-refractivity contribution >= 4 is 58.1 Å². The average molecular weight is 240 g/mol. The van der Waals surface area contributed by atoms with E-state index in [1.165, 1.54) is 0 Å². The van der Waals surface area contributed by atoms with Crippen LogP contribution in [0.15, 0.2) is 0 Å². The molecule has 0 spiro atoms. The Morgan fingerprint density at radius 1 is 1.55 bits per heavy atom. The summed E-state index contributed by atoms with van der Waals surface area (Å²) in [6.07, 6.45) is 0. The number of hydrogen-bond donors (Lipinski definition) is 2. The Morgan fingerprint density at radius 2 is 1.64 bits per heavy atom. The molecule has 0 unspecified atom stereocenters. The van der Waals surface area contributed by atoms with Crippen molar-refractivity contribution in [2.45, 2.75) is 3.79 Å². The van der Waals surface area contributed by atoms with Crippen LogP contribution in [-0.4, -0.2) is 14.9 Å². The lowest BCUT2D eigenvalue weighted by molar-refractivity contribution is -0.304. The van der Waals surface area contributed by atoms with Gasteiger partial charge in [-0.1, -0.05) is 34.8 Å². The molecule has 0 aliphatic rings. The van der Waals surface area contributed by atoms with Crippen LogP contribution in [0.5, 0.6) is 0 Å². The van der Waals surface area contributed by atoms with Crippen LogP contribution in [0.3, 0.4) is 0 Å². The molecule has 5 N–H and O–H groups in total. The van der Waals surface area contributed by atoms with Crippen LogP contribution in [0, 0.1) is 0 Å². The maximum absolute atomic E-state index is 9.51. The number of carbonyl (C=O) groups is 1. The Kier molecular flexibility index (Phi) is 7.24. The second-order valence-corrected chi connectivity index (χ2v) is 4.06. The number of alkyl halides is 3. The molecule has 0 radical (unpaired) electrons. The zero-order chi connectivity index (χ0) is 9.65. The highest BCUT2D eigenvalue weighted by Gasteiger charge is 2.20. The monoisotopic (exact) mass is 238 g/mol. The first-order valence-electron chi connectivity index (χ1n) is 2.07. The fraction of sp³-hybridized carbons (Fsp3) is 0.333. The average Bonchev–Trinajstić information content (AvgIpc) is 1.59. The molecule has 0 bridgehead atoms. The standard InChI is InChI=1S/C2HCl3O2.CH4N2S/c3-2(4,5)1(6)7;2-1(3)4/h(H,6,7);(H4,2,3,4). The predicted octanol–water partition coefficient (Wildman–Crippen LogP) is -1.42. The molecule has 0 aliphatic carbocycles. The van der Waals surface area contributed by atoms with Gasteiger partial charge in [0.2, 0.25) is 3.79 Å². The Labute approximate surface area is 83.4 Å². The molecule has 0 saturated heterocycles. The molecule has 4 nitrogen and oxygen atoms in total. The largest absolute Gasteiger partial charge is 0.545 e. The Hall–Kier alpha value is 0.190. The number of quaternary nitrogens is 1. The van der Waals surface area contributed by atoms with Crippen LogP contribution in [0.2, 0.25) is 0 Å². The van der Waals surface area contributed by atoms with E-state index in [2.05, 4.69) is 18.0 Å². The van der Waals surface area contributed by atoms with Crippen LogP contribution in [0.25, 0.3) is 0 Å². The minimum absolute atomic E-state index is 0.250. The zero-order valence-corrected chi connectivity index (χ0v) is 8.23. The van der Waals surface area contributed by atoms with Crippen molar-refractivity contribution in [3.05, 3.63) is 0 Å². The van der Waals surface area contributed by atoms with Crippen molar-refractivity contribution < 1.29 is 15.6 Å². The third-order valence-corrected chi connectivity index (χ3v) is 0.694. The minimum Gasteiger partial charge on any atom is -0.545 e. The van der Waals surface area contributed by atoms with E-state index in [9.17, 15) is 9.90 Å². The number of carboxylic acids is 1. The number of aliphatic carboxylic acids is 1. The summed E-state index contributed by atoms with van der Waals surface area (Å²) in [5, 5.41) is 9.76. The quantitative estimate of drug-likeness (QED) is 0.401. The number of halogens is 3. The molecule has 8 heteroatoms. The fourth-order valence-electron chi connectivity index (χ4n) is 0. The van der Waals surface area contributed by atoms with Crippen LogP contribution < -0.4 is 16.6 Å². The van der Waals surface area contributed by atoms with E-state index in [0.29, 0.717) is 0 Å². The lowest BCUT2D eigenvalue weighted by atomic mass is 10.8. The van der Waals surface area contributed by atoms with Crippen molar-refractivity contribution in [2.75, 3.05) is 0 Å². The number of hydrogen-bond acceptors (Lipinski definition) is 3. The number of nitrogens with two attached hydrogens (primary N) is 1. The van der Waals surface area contributed by atoms with Gasteiger partial charge >= 0.3 is 0 Å².